The second-order valence-corrected chi connectivity index (χ2v) is 4.74. The van der Waals surface area contributed by atoms with Crippen molar-refractivity contribution in [2.75, 3.05) is 26.7 Å². The van der Waals surface area contributed by atoms with Crippen molar-refractivity contribution in [3.05, 3.63) is 29.3 Å². The number of carbonyl (C=O) groups is 1. The molecular weight excluding hydrogens is 254 g/mol. The van der Waals surface area contributed by atoms with Gasteiger partial charge in [0, 0.05) is 18.1 Å². The highest BCUT2D eigenvalue weighted by Gasteiger charge is 2.13. The van der Waals surface area contributed by atoms with Crippen LogP contribution in [-0.2, 0) is 4.79 Å². The van der Waals surface area contributed by atoms with Gasteiger partial charge in [0.1, 0.15) is 12.4 Å². The van der Waals surface area contributed by atoms with Crippen LogP contribution in [0.1, 0.15) is 6.92 Å². The first-order chi connectivity index (χ1) is 8.49. The van der Waals surface area contributed by atoms with E-state index < -0.39 is 5.97 Å². The zero-order valence-corrected chi connectivity index (χ0v) is 11.4. The topological polar surface area (TPSA) is 49.8 Å². The molecule has 18 heavy (non-hydrogen) atoms. The van der Waals surface area contributed by atoms with Crippen molar-refractivity contribution in [2.45, 2.75) is 6.92 Å². The summed E-state index contributed by atoms with van der Waals surface area (Å²) in [6.07, 6.45) is 0. The second-order valence-electron chi connectivity index (χ2n) is 4.31. The van der Waals surface area contributed by atoms with Gasteiger partial charge >= 0.3 is 5.97 Å². The SMILES string of the molecule is CC(CN(C)CCOc1cccc(Cl)c1)C(=O)O. The summed E-state index contributed by atoms with van der Waals surface area (Å²) in [6.45, 7) is 3.37. The van der Waals surface area contributed by atoms with Crippen LogP contribution in [0.5, 0.6) is 5.75 Å². The molecule has 1 rings (SSSR count). The van der Waals surface area contributed by atoms with E-state index in [0.29, 0.717) is 24.7 Å². The summed E-state index contributed by atoms with van der Waals surface area (Å²) < 4.78 is 5.53. The molecular formula is C13H18ClNO3. The Balaban J connectivity index is 2.27. The number of nitrogens with zero attached hydrogens (tertiary/aromatic N) is 1. The molecule has 4 nitrogen and oxygen atoms in total. The predicted molar refractivity (Wildman–Crippen MR) is 71.2 cm³/mol. The largest absolute Gasteiger partial charge is 0.492 e. The number of likely N-dealkylation sites (N-methyl/N-ethyl adjacent to an activating group) is 1. The van der Waals surface area contributed by atoms with Crippen LogP contribution in [0, 0.1) is 5.92 Å². The van der Waals surface area contributed by atoms with Crippen LogP contribution in [0.4, 0.5) is 0 Å². The normalized spacial score (nSPS) is 12.4. The summed E-state index contributed by atoms with van der Waals surface area (Å²) in [6, 6.07) is 7.20. The number of hydrogen-bond acceptors (Lipinski definition) is 3. The molecule has 0 radical (unpaired) electrons. The van der Waals surface area contributed by atoms with E-state index in [0.717, 1.165) is 5.75 Å². The molecule has 0 aromatic heterocycles. The fourth-order valence-corrected chi connectivity index (χ4v) is 1.69. The predicted octanol–water partition coefficient (Wildman–Crippen LogP) is 2.37. The van der Waals surface area contributed by atoms with Gasteiger partial charge in [0.25, 0.3) is 0 Å². The molecule has 100 valence electrons. The summed E-state index contributed by atoms with van der Waals surface area (Å²) >= 11 is 5.83. The molecule has 0 bridgehead atoms. The van der Waals surface area contributed by atoms with Crippen LogP contribution in [0.2, 0.25) is 5.02 Å². The van der Waals surface area contributed by atoms with Crippen LogP contribution < -0.4 is 4.74 Å². The van der Waals surface area contributed by atoms with E-state index in [1.807, 2.05) is 24.1 Å². The first kappa shape index (κ1) is 14.8. The third-order valence-corrected chi connectivity index (χ3v) is 2.78. The number of rotatable bonds is 7. The van der Waals surface area contributed by atoms with Gasteiger partial charge in [-0.2, -0.15) is 0 Å². The van der Waals surface area contributed by atoms with Crippen molar-refractivity contribution in [1.29, 1.82) is 0 Å². The van der Waals surface area contributed by atoms with E-state index in [2.05, 4.69) is 0 Å². The molecule has 5 heteroatoms. The summed E-state index contributed by atoms with van der Waals surface area (Å²) in [7, 11) is 1.88. The van der Waals surface area contributed by atoms with E-state index in [9.17, 15) is 4.79 Å². The average Bonchev–Trinajstić information content (AvgIpc) is 2.28. The molecule has 0 aliphatic rings. The molecule has 0 saturated carbocycles. The van der Waals surface area contributed by atoms with Gasteiger partial charge < -0.3 is 14.7 Å². The van der Waals surface area contributed by atoms with Gasteiger partial charge in [0.2, 0.25) is 0 Å². The van der Waals surface area contributed by atoms with Crippen molar-refractivity contribution in [3.8, 4) is 5.75 Å². The maximum atomic E-state index is 10.7. The lowest BCUT2D eigenvalue weighted by molar-refractivity contribution is -0.141. The van der Waals surface area contributed by atoms with Gasteiger partial charge in [-0.1, -0.05) is 24.6 Å². The Morgan fingerprint density at radius 3 is 2.89 bits per heavy atom. The van der Waals surface area contributed by atoms with Gasteiger partial charge in [-0.3, -0.25) is 4.79 Å². The minimum Gasteiger partial charge on any atom is -0.492 e. The lowest BCUT2D eigenvalue weighted by Gasteiger charge is -2.19. The van der Waals surface area contributed by atoms with Crippen molar-refractivity contribution in [1.82, 2.24) is 4.90 Å². The second kappa shape index (κ2) is 7.24. The summed E-state index contributed by atoms with van der Waals surface area (Å²) in [5, 5.41) is 9.43. The summed E-state index contributed by atoms with van der Waals surface area (Å²) in [5.41, 5.74) is 0. The number of aliphatic carboxylic acids is 1. The Morgan fingerprint density at radius 2 is 2.28 bits per heavy atom. The summed E-state index contributed by atoms with van der Waals surface area (Å²) in [5.74, 6) is -0.430. The van der Waals surface area contributed by atoms with Crippen molar-refractivity contribution in [3.63, 3.8) is 0 Å². The first-order valence-corrected chi connectivity index (χ1v) is 6.16. The smallest absolute Gasteiger partial charge is 0.307 e. The van der Waals surface area contributed by atoms with E-state index >= 15 is 0 Å². The Bertz CT molecular complexity index is 398. The third kappa shape index (κ3) is 5.38. The number of hydrogen-bond donors (Lipinski definition) is 1. The van der Waals surface area contributed by atoms with Crippen molar-refractivity contribution < 1.29 is 14.6 Å². The van der Waals surface area contributed by atoms with Crippen LogP contribution in [0.15, 0.2) is 24.3 Å². The van der Waals surface area contributed by atoms with Crippen molar-refractivity contribution in [2.24, 2.45) is 5.92 Å². The van der Waals surface area contributed by atoms with E-state index in [-0.39, 0.29) is 5.92 Å². The maximum Gasteiger partial charge on any atom is 0.307 e. The minimum absolute atomic E-state index is 0.374. The Hall–Kier alpha value is -1.26. The number of benzene rings is 1. The van der Waals surface area contributed by atoms with E-state index in [1.54, 1.807) is 19.1 Å². The molecule has 1 aromatic carbocycles. The molecule has 0 saturated heterocycles. The molecule has 0 aliphatic heterocycles. The Morgan fingerprint density at radius 1 is 1.56 bits per heavy atom. The molecule has 1 aromatic rings. The van der Waals surface area contributed by atoms with Gasteiger partial charge in [-0.05, 0) is 25.2 Å². The first-order valence-electron chi connectivity index (χ1n) is 5.78. The fourth-order valence-electron chi connectivity index (χ4n) is 1.51. The van der Waals surface area contributed by atoms with Crippen LogP contribution in [0.3, 0.4) is 0 Å². The Kier molecular flexibility index (Phi) is 5.95. The quantitative estimate of drug-likeness (QED) is 0.827. The van der Waals surface area contributed by atoms with Gasteiger partial charge in [0.15, 0.2) is 0 Å². The van der Waals surface area contributed by atoms with Gasteiger partial charge in [-0.15, -0.1) is 0 Å². The molecule has 0 spiro atoms. The highest BCUT2D eigenvalue weighted by molar-refractivity contribution is 6.30. The molecule has 0 aliphatic carbocycles. The van der Waals surface area contributed by atoms with Crippen molar-refractivity contribution >= 4 is 17.6 Å². The standard InChI is InChI=1S/C13H18ClNO3/c1-10(13(16)17)9-15(2)6-7-18-12-5-3-4-11(14)8-12/h3-5,8,10H,6-7,9H2,1-2H3,(H,16,17). The van der Waals surface area contributed by atoms with Crippen LogP contribution in [-0.4, -0.2) is 42.7 Å². The van der Waals surface area contributed by atoms with E-state index in [1.165, 1.54) is 0 Å². The Labute approximate surface area is 112 Å². The van der Waals surface area contributed by atoms with Crippen LogP contribution in [0.25, 0.3) is 0 Å². The van der Waals surface area contributed by atoms with Gasteiger partial charge in [-0.25, -0.2) is 0 Å². The highest BCUT2D eigenvalue weighted by Crippen LogP contribution is 2.16. The molecule has 1 N–H and O–H groups in total. The number of carboxylic acids is 1. The summed E-state index contributed by atoms with van der Waals surface area (Å²) in [4.78, 5) is 12.6. The molecule has 1 unspecified atom stereocenters. The third-order valence-electron chi connectivity index (χ3n) is 2.54. The number of carboxylic acid groups (broad SMARTS) is 1. The number of ether oxygens (including phenoxy) is 1. The van der Waals surface area contributed by atoms with Gasteiger partial charge in [0.05, 0.1) is 5.92 Å². The monoisotopic (exact) mass is 271 g/mol. The molecule has 0 fully saturated rings. The lowest BCUT2D eigenvalue weighted by atomic mass is 10.2. The zero-order valence-electron chi connectivity index (χ0n) is 10.6. The maximum absolute atomic E-state index is 10.7. The lowest BCUT2D eigenvalue weighted by Crippen LogP contribution is -2.31. The fraction of sp³-hybridized carbons (Fsp3) is 0.462. The zero-order chi connectivity index (χ0) is 13.5. The van der Waals surface area contributed by atoms with Crippen LogP contribution >= 0.6 is 11.6 Å². The minimum atomic E-state index is -0.780. The number of halogens is 1. The van der Waals surface area contributed by atoms with E-state index in [4.69, 9.17) is 21.4 Å². The highest BCUT2D eigenvalue weighted by atomic mass is 35.5. The average molecular weight is 272 g/mol. The molecule has 0 heterocycles. The molecule has 1 atom stereocenters. The molecule has 0 amide bonds.